The molecule has 0 aliphatic rings. The Balaban J connectivity index is 2.76. The molecule has 0 amide bonds. The first-order chi connectivity index (χ1) is 8.40. The fraction of sp³-hybridized carbons (Fsp3) is 0.636. The zero-order valence-corrected chi connectivity index (χ0v) is 11.6. The second-order valence-corrected chi connectivity index (χ2v) is 5.38. The van der Waals surface area contributed by atoms with Crippen molar-refractivity contribution in [2.24, 2.45) is 5.73 Å². The van der Waals surface area contributed by atoms with E-state index in [9.17, 15) is 4.79 Å². The summed E-state index contributed by atoms with van der Waals surface area (Å²) >= 11 is 11.3. The third kappa shape index (κ3) is 3.60. The van der Waals surface area contributed by atoms with Gasteiger partial charge in [0.1, 0.15) is 10.7 Å². The Morgan fingerprint density at radius 1 is 1.67 bits per heavy atom. The van der Waals surface area contributed by atoms with Crippen molar-refractivity contribution in [2.45, 2.75) is 43.0 Å². The van der Waals surface area contributed by atoms with Crippen molar-refractivity contribution in [2.75, 3.05) is 0 Å². The number of nitrogens with zero attached hydrogens (tertiary/aromatic N) is 1. The zero-order valence-electron chi connectivity index (χ0n) is 10.1. The lowest BCUT2D eigenvalue weighted by Gasteiger charge is -2.24. The third-order valence-electron chi connectivity index (χ3n) is 2.73. The van der Waals surface area contributed by atoms with Gasteiger partial charge in [0.15, 0.2) is 5.54 Å². The Kier molecular flexibility index (Phi) is 5.44. The Morgan fingerprint density at radius 3 is 2.83 bits per heavy atom. The maximum Gasteiger partial charge on any atom is 0.326 e. The average Bonchev–Trinajstić information content (AvgIpc) is 2.73. The molecule has 0 aliphatic carbocycles. The van der Waals surface area contributed by atoms with E-state index in [0.29, 0.717) is 5.82 Å². The highest BCUT2D eigenvalue weighted by Crippen LogP contribution is 2.22. The quantitative estimate of drug-likeness (QED) is 0.669. The molecule has 102 valence electrons. The predicted molar refractivity (Wildman–Crippen MR) is 71.0 cm³/mol. The van der Waals surface area contributed by atoms with Crippen LogP contribution in [0.5, 0.6) is 0 Å². The summed E-state index contributed by atoms with van der Waals surface area (Å²) in [7, 11) is 0. The van der Waals surface area contributed by atoms with Crippen LogP contribution in [0.2, 0.25) is 0 Å². The van der Waals surface area contributed by atoms with Gasteiger partial charge in [-0.05, 0) is 12.8 Å². The predicted octanol–water partition coefficient (Wildman–Crippen LogP) is 1.88. The number of halogens is 2. The standard InChI is InChI=1S/C11H17Cl2N3O2/c1-2-3-4-7-6-15-8(16-7)5-11(14,9(12)13)10(17)18/h6,9H,2-5,14H2,1H3,(H,15,16)(H,17,18). The molecule has 1 atom stereocenters. The highest BCUT2D eigenvalue weighted by atomic mass is 35.5. The van der Waals surface area contributed by atoms with E-state index in [2.05, 4.69) is 16.9 Å². The van der Waals surface area contributed by atoms with Crippen LogP contribution in [0.15, 0.2) is 6.20 Å². The zero-order chi connectivity index (χ0) is 13.8. The number of carbonyl (C=O) groups is 1. The lowest BCUT2D eigenvalue weighted by atomic mass is 9.99. The van der Waals surface area contributed by atoms with E-state index in [1.54, 1.807) is 6.20 Å². The number of aromatic nitrogens is 2. The Hall–Kier alpha value is -0.780. The Morgan fingerprint density at radius 2 is 2.33 bits per heavy atom. The molecule has 1 aromatic rings. The smallest absolute Gasteiger partial charge is 0.326 e. The number of H-pyrrole nitrogens is 1. The summed E-state index contributed by atoms with van der Waals surface area (Å²) < 4.78 is 0. The normalized spacial score (nSPS) is 14.7. The first-order valence-corrected chi connectivity index (χ1v) is 6.60. The van der Waals surface area contributed by atoms with Crippen molar-refractivity contribution in [1.29, 1.82) is 0 Å². The summed E-state index contributed by atoms with van der Waals surface area (Å²) in [5.74, 6) is -0.763. The molecule has 1 unspecified atom stereocenters. The fourth-order valence-corrected chi connectivity index (χ4v) is 1.85. The van der Waals surface area contributed by atoms with Crippen LogP contribution in [0.3, 0.4) is 0 Å². The molecular weight excluding hydrogens is 277 g/mol. The number of hydrogen-bond donors (Lipinski definition) is 3. The number of imidazole rings is 1. The highest BCUT2D eigenvalue weighted by Gasteiger charge is 2.41. The van der Waals surface area contributed by atoms with Gasteiger partial charge in [0.05, 0.1) is 0 Å². The van der Waals surface area contributed by atoms with Crippen molar-refractivity contribution < 1.29 is 9.90 Å². The van der Waals surface area contributed by atoms with Crippen molar-refractivity contribution in [3.05, 3.63) is 17.7 Å². The number of aromatic amines is 1. The van der Waals surface area contributed by atoms with Gasteiger partial charge in [0, 0.05) is 18.3 Å². The largest absolute Gasteiger partial charge is 0.480 e. The molecule has 0 aromatic carbocycles. The van der Waals surface area contributed by atoms with Crippen molar-refractivity contribution in [1.82, 2.24) is 9.97 Å². The van der Waals surface area contributed by atoms with Gasteiger partial charge in [-0.15, -0.1) is 23.2 Å². The Labute approximate surface area is 116 Å². The van der Waals surface area contributed by atoms with Crippen LogP contribution in [-0.2, 0) is 17.6 Å². The van der Waals surface area contributed by atoms with Gasteiger partial charge in [-0.2, -0.15) is 0 Å². The molecule has 4 N–H and O–H groups in total. The maximum absolute atomic E-state index is 11.1. The van der Waals surface area contributed by atoms with Crippen LogP contribution in [0.25, 0.3) is 0 Å². The average molecular weight is 294 g/mol. The van der Waals surface area contributed by atoms with E-state index >= 15 is 0 Å². The maximum atomic E-state index is 11.1. The Bertz CT molecular complexity index is 409. The monoisotopic (exact) mass is 293 g/mol. The van der Waals surface area contributed by atoms with Gasteiger partial charge < -0.3 is 15.8 Å². The van der Waals surface area contributed by atoms with E-state index in [4.69, 9.17) is 34.0 Å². The van der Waals surface area contributed by atoms with Crippen molar-refractivity contribution >= 4 is 29.2 Å². The summed E-state index contributed by atoms with van der Waals surface area (Å²) in [6.45, 7) is 2.10. The number of aliphatic carboxylic acids is 1. The van der Waals surface area contributed by atoms with Crippen molar-refractivity contribution in [3.8, 4) is 0 Å². The number of unbranched alkanes of at least 4 members (excludes halogenated alkanes) is 1. The second-order valence-electron chi connectivity index (χ2n) is 4.28. The molecule has 0 bridgehead atoms. The minimum absolute atomic E-state index is 0.0356. The summed E-state index contributed by atoms with van der Waals surface area (Å²) in [6, 6.07) is 0. The molecular formula is C11H17Cl2N3O2. The SMILES string of the molecule is CCCCc1cnc(CC(N)(C(=O)O)C(Cl)Cl)[nH]1. The summed E-state index contributed by atoms with van der Waals surface area (Å²) in [4.78, 5) is 17.0. The minimum Gasteiger partial charge on any atom is -0.480 e. The minimum atomic E-state index is -1.73. The molecule has 0 spiro atoms. The summed E-state index contributed by atoms with van der Waals surface area (Å²) in [6.07, 6.45) is 4.65. The number of nitrogens with two attached hydrogens (primary N) is 1. The van der Waals surface area contributed by atoms with Crippen LogP contribution in [0, 0.1) is 0 Å². The molecule has 0 fully saturated rings. The summed E-state index contributed by atoms with van der Waals surface area (Å²) in [5, 5.41) is 9.08. The second kappa shape index (κ2) is 6.41. The first-order valence-electron chi connectivity index (χ1n) is 5.73. The van der Waals surface area contributed by atoms with Gasteiger partial charge in [-0.3, -0.25) is 4.79 Å². The highest BCUT2D eigenvalue weighted by molar-refractivity contribution is 6.46. The lowest BCUT2D eigenvalue weighted by molar-refractivity contribution is -0.142. The van der Waals surface area contributed by atoms with Gasteiger partial charge in [-0.1, -0.05) is 13.3 Å². The lowest BCUT2D eigenvalue weighted by Crippen LogP contribution is -2.55. The van der Waals surface area contributed by atoms with Gasteiger partial charge in [0.25, 0.3) is 0 Å². The van der Waals surface area contributed by atoms with E-state index < -0.39 is 16.3 Å². The van der Waals surface area contributed by atoms with E-state index in [0.717, 1.165) is 25.0 Å². The molecule has 0 saturated carbocycles. The number of nitrogens with one attached hydrogen (secondary N) is 1. The molecule has 0 radical (unpaired) electrons. The number of carboxylic acids is 1. The number of hydrogen-bond acceptors (Lipinski definition) is 3. The molecule has 18 heavy (non-hydrogen) atoms. The topological polar surface area (TPSA) is 92.0 Å². The fourth-order valence-electron chi connectivity index (χ4n) is 1.51. The first kappa shape index (κ1) is 15.3. The molecule has 0 aliphatic heterocycles. The van der Waals surface area contributed by atoms with Gasteiger partial charge in [0.2, 0.25) is 0 Å². The molecule has 1 rings (SSSR count). The molecule has 0 saturated heterocycles. The number of alkyl halides is 2. The third-order valence-corrected chi connectivity index (χ3v) is 3.51. The number of carboxylic acid groups (broad SMARTS) is 1. The van der Waals surface area contributed by atoms with Gasteiger partial charge >= 0.3 is 5.97 Å². The van der Waals surface area contributed by atoms with Gasteiger partial charge in [-0.25, -0.2) is 4.98 Å². The van der Waals surface area contributed by atoms with E-state index in [-0.39, 0.29) is 6.42 Å². The molecule has 1 heterocycles. The van der Waals surface area contributed by atoms with Crippen LogP contribution < -0.4 is 5.73 Å². The van der Waals surface area contributed by atoms with E-state index in [1.165, 1.54) is 0 Å². The van der Waals surface area contributed by atoms with Crippen LogP contribution >= 0.6 is 23.2 Å². The molecule has 7 heteroatoms. The van der Waals surface area contributed by atoms with E-state index in [1.807, 2.05) is 0 Å². The van der Waals surface area contributed by atoms with Crippen LogP contribution in [0.1, 0.15) is 31.3 Å². The molecule has 5 nitrogen and oxygen atoms in total. The van der Waals surface area contributed by atoms with Crippen LogP contribution in [-0.4, -0.2) is 31.4 Å². The number of rotatable bonds is 7. The molecule has 1 aromatic heterocycles. The van der Waals surface area contributed by atoms with Crippen molar-refractivity contribution in [3.63, 3.8) is 0 Å². The van der Waals surface area contributed by atoms with Crippen LogP contribution in [0.4, 0.5) is 0 Å². The summed E-state index contributed by atoms with van der Waals surface area (Å²) in [5.41, 5.74) is 4.93. The number of aryl methyl sites for hydroxylation is 1.